The number of hydrogen-bond donors (Lipinski definition) is 1. The van der Waals surface area contributed by atoms with E-state index in [4.69, 9.17) is 5.73 Å². The van der Waals surface area contributed by atoms with Crippen LogP contribution in [0.5, 0.6) is 0 Å². The monoisotopic (exact) mass is 198 g/mol. The Hall–Kier alpha value is -0.830. The molecule has 3 heteroatoms. The lowest BCUT2D eigenvalue weighted by Gasteiger charge is -2.28. The number of amides is 1. The number of carbonyl (C=O) groups is 1. The van der Waals surface area contributed by atoms with Crippen molar-refractivity contribution in [1.29, 1.82) is 0 Å². The molecule has 0 heterocycles. The highest BCUT2D eigenvalue weighted by molar-refractivity contribution is 5.82. The third-order valence-corrected chi connectivity index (χ3v) is 2.15. The van der Waals surface area contributed by atoms with Crippen LogP contribution in [0.2, 0.25) is 0 Å². The van der Waals surface area contributed by atoms with Crippen LogP contribution in [0.4, 0.5) is 0 Å². The van der Waals surface area contributed by atoms with Gasteiger partial charge in [0.2, 0.25) is 5.91 Å². The van der Waals surface area contributed by atoms with Crippen LogP contribution >= 0.6 is 0 Å². The average Bonchev–Trinajstić information content (AvgIpc) is 2.13. The summed E-state index contributed by atoms with van der Waals surface area (Å²) in [6.07, 6.45) is 3.42. The van der Waals surface area contributed by atoms with Gasteiger partial charge in [-0.2, -0.15) is 0 Å². The molecule has 1 amide bonds. The van der Waals surface area contributed by atoms with E-state index >= 15 is 0 Å². The van der Waals surface area contributed by atoms with E-state index in [1.807, 2.05) is 20.8 Å². The van der Waals surface area contributed by atoms with E-state index in [1.54, 1.807) is 11.0 Å². The van der Waals surface area contributed by atoms with Crippen molar-refractivity contribution < 1.29 is 4.79 Å². The smallest absolute Gasteiger partial charge is 0.239 e. The van der Waals surface area contributed by atoms with Crippen molar-refractivity contribution in [2.75, 3.05) is 6.54 Å². The van der Waals surface area contributed by atoms with E-state index in [9.17, 15) is 4.79 Å². The van der Waals surface area contributed by atoms with Gasteiger partial charge in [0, 0.05) is 12.6 Å². The molecule has 0 aliphatic rings. The summed E-state index contributed by atoms with van der Waals surface area (Å²) in [6.45, 7) is 10.2. The van der Waals surface area contributed by atoms with Gasteiger partial charge in [0.05, 0.1) is 6.04 Å². The maximum atomic E-state index is 11.8. The lowest BCUT2D eigenvalue weighted by Crippen LogP contribution is -2.46. The summed E-state index contributed by atoms with van der Waals surface area (Å²) in [5, 5.41) is 0. The average molecular weight is 198 g/mol. The summed E-state index contributed by atoms with van der Waals surface area (Å²) in [7, 11) is 0. The number of hydrogen-bond acceptors (Lipinski definition) is 2. The van der Waals surface area contributed by atoms with Crippen LogP contribution in [-0.2, 0) is 4.79 Å². The molecule has 82 valence electrons. The zero-order chi connectivity index (χ0) is 11.1. The maximum Gasteiger partial charge on any atom is 0.239 e. The van der Waals surface area contributed by atoms with Crippen molar-refractivity contribution >= 4 is 5.91 Å². The second kappa shape index (κ2) is 6.60. The zero-order valence-electron chi connectivity index (χ0n) is 9.49. The molecule has 0 spiro atoms. The molecule has 0 saturated heterocycles. The summed E-state index contributed by atoms with van der Waals surface area (Å²) in [6, 6.07) is -0.175. The molecule has 0 fully saturated rings. The summed E-state index contributed by atoms with van der Waals surface area (Å²) in [5.74, 6) is 0.0294. The molecule has 0 aliphatic heterocycles. The number of carbonyl (C=O) groups excluding carboxylic acids is 1. The van der Waals surface area contributed by atoms with E-state index in [0.29, 0.717) is 6.54 Å². The van der Waals surface area contributed by atoms with Gasteiger partial charge >= 0.3 is 0 Å². The Kier molecular flexibility index (Phi) is 6.21. The molecular formula is C11H22N2O. The first kappa shape index (κ1) is 13.2. The highest BCUT2D eigenvalue weighted by Gasteiger charge is 2.21. The van der Waals surface area contributed by atoms with E-state index in [2.05, 4.69) is 6.58 Å². The van der Waals surface area contributed by atoms with E-state index in [0.717, 1.165) is 12.8 Å². The Morgan fingerprint density at radius 1 is 1.57 bits per heavy atom. The van der Waals surface area contributed by atoms with E-state index in [1.165, 1.54) is 0 Å². The SMILES string of the molecule is C=CCN(C(=O)[C@H](N)CCC)C(C)C. The third kappa shape index (κ3) is 3.92. The van der Waals surface area contributed by atoms with E-state index < -0.39 is 0 Å². The molecule has 0 unspecified atom stereocenters. The summed E-state index contributed by atoms with van der Waals surface area (Å²) in [4.78, 5) is 13.6. The van der Waals surface area contributed by atoms with Gasteiger partial charge < -0.3 is 10.6 Å². The standard InChI is InChI=1S/C11H22N2O/c1-5-7-10(12)11(14)13(8-6-2)9(3)4/h6,9-10H,2,5,7-8,12H2,1,3-4H3/t10-/m1/s1. The minimum atomic E-state index is -0.359. The molecule has 14 heavy (non-hydrogen) atoms. The summed E-state index contributed by atoms with van der Waals surface area (Å²) >= 11 is 0. The summed E-state index contributed by atoms with van der Waals surface area (Å²) in [5.41, 5.74) is 5.77. The molecule has 0 aliphatic carbocycles. The van der Waals surface area contributed by atoms with Gasteiger partial charge in [0.1, 0.15) is 0 Å². The molecule has 0 aromatic heterocycles. The highest BCUT2D eigenvalue weighted by Crippen LogP contribution is 2.04. The second-order valence-corrected chi connectivity index (χ2v) is 3.77. The van der Waals surface area contributed by atoms with Gasteiger partial charge in [-0.1, -0.05) is 19.4 Å². The van der Waals surface area contributed by atoms with Gasteiger partial charge in [0.25, 0.3) is 0 Å². The normalized spacial score (nSPS) is 12.6. The van der Waals surface area contributed by atoms with Crippen molar-refractivity contribution in [3.8, 4) is 0 Å². The van der Waals surface area contributed by atoms with Gasteiger partial charge in [-0.05, 0) is 20.3 Å². The molecule has 0 rings (SSSR count). The van der Waals surface area contributed by atoms with Crippen LogP contribution in [0.1, 0.15) is 33.6 Å². The number of nitrogens with zero attached hydrogens (tertiary/aromatic N) is 1. The Morgan fingerprint density at radius 2 is 2.14 bits per heavy atom. The first-order valence-corrected chi connectivity index (χ1v) is 5.21. The van der Waals surface area contributed by atoms with Crippen molar-refractivity contribution in [1.82, 2.24) is 4.90 Å². The van der Waals surface area contributed by atoms with Gasteiger partial charge in [-0.3, -0.25) is 4.79 Å². The lowest BCUT2D eigenvalue weighted by molar-refractivity contribution is -0.133. The van der Waals surface area contributed by atoms with Crippen LogP contribution < -0.4 is 5.73 Å². The third-order valence-electron chi connectivity index (χ3n) is 2.15. The Bertz CT molecular complexity index is 190. The van der Waals surface area contributed by atoms with E-state index in [-0.39, 0.29) is 18.0 Å². The molecular weight excluding hydrogens is 176 g/mol. The topological polar surface area (TPSA) is 46.3 Å². The van der Waals surface area contributed by atoms with Gasteiger partial charge in [-0.25, -0.2) is 0 Å². The van der Waals surface area contributed by atoms with Crippen LogP contribution in [0.3, 0.4) is 0 Å². The van der Waals surface area contributed by atoms with Crippen LogP contribution in [0.15, 0.2) is 12.7 Å². The molecule has 0 bridgehead atoms. The number of nitrogens with two attached hydrogens (primary N) is 1. The Balaban J connectivity index is 4.34. The highest BCUT2D eigenvalue weighted by atomic mass is 16.2. The molecule has 2 N–H and O–H groups in total. The number of rotatable bonds is 6. The quantitative estimate of drug-likeness (QED) is 0.658. The van der Waals surface area contributed by atoms with Crippen molar-refractivity contribution in [2.45, 2.75) is 45.7 Å². The fourth-order valence-corrected chi connectivity index (χ4v) is 1.34. The van der Waals surface area contributed by atoms with Crippen molar-refractivity contribution in [3.05, 3.63) is 12.7 Å². The van der Waals surface area contributed by atoms with Gasteiger partial charge in [-0.15, -0.1) is 6.58 Å². The fourth-order valence-electron chi connectivity index (χ4n) is 1.34. The molecule has 3 nitrogen and oxygen atoms in total. The maximum absolute atomic E-state index is 11.8. The van der Waals surface area contributed by atoms with Crippen LogP contribution in [-0.4, -0.2) is 29.4 Å². The predicted octanol–water partition coefficient (Wildman–Crippen LogP) is 1.54. The van der Waals surface area contributed by atoms with Crippen molar-refractivity contribution in [3.63, 3.8) is 0 Å². The molecule has 0 aromatic carbocycles. The Labute approximate surface area is 87.0 Å². The van der Waals surface area contributed by atoms with Crippen LogP contribution in [0, 0.1) is 0 Å². The first-order valence-electron chi connectivity index (χ1n) is 5.21. The lowest BCUT2D eigenvalue weighted by atomic mass is 10.1. The molecule has 0 aromatic rings. The van der Waals surface area contributed by atoms with Gasteiger partial charge in [0.15, 0.2) is 0 Å². The van der Waals surface area contributed by atoms with Crippen LogP contribution in [0.25, 0.3) is 0 Å². The molecule has 1 atom stereocenters. The van der Waals surface area contributed by atoms with Crippen molar-refractivity contribution in [2.24, 2.45) is 5.73 Å². The predicted molar refractivity (Wildman–Crippen MR) is 59.9 cm³/mol. The Morgan fingerprint density at radius 3 is 2.50 bits per heavy atom. The minimum Gasteiger partial charge on any atom is -0.335 e. The minimum absolute atomic E-state index is 0.0294. The second-order valence-electron chi connectivity index (χ2n) is 3.77. The largest absolute Gasteiger partial charge is 0.335 e. The summed E-state index contributed by atoms with van der Waals surface area (Å²) < 4.78 is 0. The molecule has 0 saturated carbocycles. The molecule has 0 radical (unpaired) electrons. The fraction of sp³-hybridized carbons (Fsp3) is 0.727. The zero-order valence-corrected chi connectivity index (χ0v) is 9.49. The first-order chi connectivity index (χ1) is 6.54.